The van der Waals surface area contributed by atoms with Gasteiger partial charge in [0.15, 0.2) is 0 Å². The molecule has 3 amide bonds. The van der Waals surface area contributed by atoms with Gasteiger partial charge in [-0.2, -0.15) is 4.98 Å². The maximum Gasteiger partial charge on any atom is 0.354 e. The molecule has 41 heavy (non-hydrogen) atoms. The van der Waals surface area contributed by atoms with Crippen molar-refractivity contribution in [1.29, 1.82) is 0 Å². The minimum absolute atomic E-state index is 0.148. The van der Waals surface area contributed by atoms with Gasteiger partial charge < -0.3 is 26.4 Å². The Balaban J connectivity index is 1.15. The number of anilines is 1. The van der Waals surface area contributed by atoms with Gasteiger partial charge in [0, 0.05) is 51.0 Å². The minimum atomic E-state index is -0.954. The standard InChI is InChI=1S/C29H42N8O4/c1-18(37-16-22-21(15-30)25(22)23(37)17-38)14-19-4-6-20(7-5-19)36-9-8-24(33-28(36)41)32-27(40)35-12-10-34(11-13-35)26(39)29(2,3)31/h4-9,18,21-23,25,38H,10-17,30-31H2,1-3H3,(H,32,33,40,41)/t18?,21?,22-,23?,25+/m1/s1. The lowest BCUT2D eigenvalue weighted by atomic mass is 10.0. The lowest BCUT2D eigenvalue weighted by Crippen LogP contribution is -2.58. The molecule has 12 heteroatoms. The van der Waals surface area contributed by atoms with Gasteiger partial charge in [-0.05, 0) is 75.3 Å². The molecule has 0 radical (unpaired) electrons. The van der Waals surface area contributed by atoms with Gasteiger partial charge in [0.05, 0.1) is 17.8 Å². The van der Waals surface area contributed by atoms with Gasteiger partial charge in [0.1, 0.15) is 5.82 Å². The molecule has 6 N–H and O–H groups in total. The van der Waals surface area contributed by atoms with Crippen LogP contribution in [0.5, 0.6) is 0 Å². The molecule has 0 bridgehead atoms. The number of fused-ring (bicyclic) bond motifs is 1. The van der Waals surface area contributed by atoms with Crippen LogP contribution in [0.2, 0.25) is 0 Å². The number of likely N-dealkylation sites (tertiary alicyclic amines) is 1. The first kappa shape index (κ1) is 29.2. The topological polar surface area (TPSA) is 163 Å². The number of aliphatic hydroxyl groups is 1. The maximum absolute atomic E-state index is 12.8. The zero-order chi connectivity index (χ0) is 29.5. The van der Waals surface area contributed by atoms with Crippen LogP contribution < -0.4 is 22.5 Å². The average molecular weight is 567 g/mol. The van der Waals surface area contributed by atoms with Crippen molar-refractivity contribution in [2.45, 2.75) is 44.8 Å². The average Bonchev–Trinajstić information content (AvgIpc) is 3.50. The van der Waals surface area contributed by atoms with Crippen molar-refractivity contribution in [1.82, 2.24) is 24.3 Å². The number of nitrogens with one attached hydrogen (secondary N) is 1. The fourth-order valence-electron chi connectivity index (χ4n) is 6.60. The van der Waals surface area contributed by atoms with Crippen molar-refractivity contribution in [2.75, 3.05) is 51.2 Å². The summed E-state index contributed by atoms with van der Waals surface area (Å²) < 4.78 is 1.44. The number of rotatable bonds is 8. The number of aromatic nitrogens is 2. The Bertz CT molecular complexity index is 1320. The maximum atomic E-state index is 12.8. The molecular formula is C29H42N8O4. The number of piperidine rings is 1. The normalized spacial score (nSPS) is 25.1. The van der Waals surface area contributed by atoms with Gasteiger partial charge in [-0.3, -0.25) is 19.6 Å². The van der Waals surface area contributed by atoms with E-state index in [0.717, 1.165) is 18.5 Å². The molecule has 2 aromatic rings. The highest BCUT2D eigenvalue weighted by atomic mass is 16.3. The van der Waals surface area contributed by atoms with Gasteiger partial charge in [-0.1, -0.05) is 12.1 Å². The van der Waals surface area contributed by atoms with Crippen LogP contribution in [0.4, 0.5) is 10.6 Å². The molecule has 222 valence electrons. The Hall–Kier alpha value is -3.32. The summed E-state index contributed by atoms with van der Waals surface area (Å²) in [6, 6.07) is 9.49. The predicted molar refractivity (Wildman–Crippen MR) is 156 cm³/mol. The summed E-state index contributed by atoms with van der Waals surface area (Å²) in [7, 11) is 0. The number of carbonyl (C=O) groups excluding carboxylic acids is 2. The van der Waals surface area contributed by atoms with Crippen LogP contribution in [0.1, 0.15) is 26.3 Å². The van der Waals surface area contributed by atoms with Crippen LogP contribution in [0, 0.1) is 17.8 Å². The van der Waals surface area contributed by atoms with E-state index in [1.54, 1.807) is 35.9 Å². The molecule has 12 nitrogen and oxygen atoms in total. The van der Waals surface area contributed by atoms with Crippen LogP contribution in [0.3, 0.4) is 0 Å². The highest BCUT2D eigenvalue weighted by molar-refractivity contribution is 5.89. The monoisotopic (exact) mass is 566 g/mol. The second kappa shape index (κ2) is 11.5. The van der Waals surface area contributed by atoms with Crippen LogP contribution in [-0.4, -0.2) is 105 Å². The van der Waals surface area contributed by atoms with Crippen molar-refractivity contribution < 1.29 is 14.7 Å². The summed E-state index contributed by atoms with van der Waals surface area (Å²) in [6.45, 7) is 8.90. The Labute approximate surface area is 240 Å². The number of piperazine rings is 1. The smallest absolute Gasteiger partial charge is 0.354 e. The summed E-state index contributed by atoms with van der Waals surface area (Å²) in [5.41, 5.74) is 12.2. The molecule has 2 saturated heterocycles. The van der Waals surface area contributed by atoms with Crippen molar-refractivity contribution in [3.63, 3.8) is 0 Å². The SMILES string of the molecule is CC(Cc1ccc(-n2ccc(NC(=O)N3CCN(C(=O)C(C)(C)N)CC3)nc2=O)cc1)N1C[C@@H]2C(CN)[C@@H]2C1CO. The Morgan fingerprint density at radius 1 is 1.12 bits per heavy atom. The Morgan fingerprint density at radius 3 is 2.37 bits per heavy atom. The van der Waals surface area contributed by atoms with E-state index in [9.17, 15) is 19.5 Å². The zero-order valence-corrected chi connectivity index (χ0v) is 24.1. The number of benzene rings is 1. The van der Waals surface area contributed by atoms with Crippen LogP contribution in [0.25, 0.3) is 5.69 Å². The molecule has 1 aromatic heterocycles. The molecule has 3 aliphatic rings. The van der Waals surface area contributed by atoms with E-state index in [1.165, 1.54) is 4.57 Å². The van der Waals surface area contributed by atoms with Crippen molar-refractivity contribution in [3.8, 4) is 5.69 Å². The quantitative estimate of drug-likeness (QED) is 0.349. The van der Waals surface area contributed by atoms with Gasteiger partial charge in [-0.15, -0.1) is 0 Å². The first-order chi connectivity index (χ1) is 19.5. The van der Waals surface area contributed by atoms with Crippen molar-refractivity contribution in [2.24, 2.45) is 29.2 Å². The highest BCUT2D eigenvalue weighted by Crippen LogP contribution is 2.55. The fraction of sp³-hybridized carbons (Fsp3) is 0.586. The number of carbonyl (C=O) groups is 2. The number of hydrogen-bond donors (Lipinski definition) is 4. The summed E-state index contributed by atoms with van der Waals surface area (Å²) in [5.74, 6) is 1.70. The van der Waals surface area contributed by atoms with E-state index in [-0.39, 0.29) is 36.4 Å². The third kappa shape index (κ3) is 6.01. The Morgan fingerprint density at radius 2 is 1.78 bits per heavy atom. The second-order valence-corrected chi connectivity index (χ2v) is 12.2. The number of aliphatic hydroxyl groups excluding tert-OH is 1. The first-order valence-electron chi connectivity index (χ1n) is 14.4. The third-order valence-corrected chi connectivity index (χ3v) is 8.90. The van der Waals surface area contributed by atoms with Crippen LogP contribution >= 0.6 is 0 Å². The molecule has 2 aliphatic heterocycles. The third-order valence-electron chi connectivity index (χ3n) is 8.90. The molecule has 1 saturated carbocycles. The van der Waals surface area contributed by atoms with E-state index < -0.39 is 11.2 Å². The predicted octanol–water partition coefficient (Wildman–Crippen LogP) is 0.0743. The van der Waals surface area contributed by atoms with E-state index in [1.807, 2.05) is 24.3 Å². The van der Waals surface area contributed by atoms with Gasteiger partial charge in [0.2, 0.25) is 5.91 Å². The summed E-state index contributed by atoms with van der Waals surface area (Å²) in [6.07, 6.45) is 2.44. The van der Waals surface area contributed by atoms with Crippen LogP contribution in [0.15, 0.2) is 41.3 Å². The molecular weight excluding hydrogens is 524 g/mol. The van der Waals surface area contributed by atoms with Crippen molar-refractivity contribution >= 4 is 17.8 Å². The molecule has 0 spiro atoms. The lowest BCUT2D eigenvalue weighted by Gasteiger charge is -2.37. The summed E-state index contributed by atoms with van der Waals surface area (Å²) >= 11 is 0. The number of urea groups is 1. The molecule has 5 atom stereocenters. The highest BCUT2D eigenvalue weighted by Gasteiger charge is 2.60. The van der Waals surface area contributed by atoms with E-state index >= 15 is 0 Å². The number of nitrogens with zero attached hydrogens (tertiary/aromatic N) is 5. The summed E-state index contributed by atoms with van der Waals surface area (Å²) in [5, 5.41) is 12.7. The van der Waals surface area contributed by atoms with Gasteiger partial charge in [-0.25, -0.2) is 9.59 Å². The first-order valence-corrected chi connectivity index (χ1v) is 14.4. The minimum Gasteiger partial charge on any atom is -0.395 e. The van der Waals surface area contributed by atoms with Gasteiger partial charge in [0.25, 0.3) is 0 Å². The molecule has 3 unspecified atom stereocenters. The van der Waals surface area contributed by atoms with Crippen LogP contribution in [-0.2, 0) is 11.2 Å². The molecule has 3 heterocycles. The molecule has 1 aromatic carbocycles. The Kier molecular flexibility index (Phi) is 8.20. The number of nitrogens with two attached hydrogens (primary N) is 2. The largest absolute Gasteiger partial charge is 0.395 e. The summed E-state index contributed by atoms with van der Waals surface area (Å²) in [4.78, 5) is 47.6. The zero-order valence-electron chi connectivity index (χ0n) is 24.1. The number of amides is 3. The molecule has 3 fully saturated rings. The van der Waals surface area contributed by atoms with Crippen molar-refractivity contribution in [3.05, 3.63) is 52.6 Å². The second-order valence-electron chi connectivity index (χ2n) is 12.2. The number of hydrogen-bond acceptors (Lipinski definition) is 8. The molecule has 5 rings (SSSR count). The van der Waals surface area contributed by atoms with Gasteiger partial charge >= 0.3 is 11.7 Å². The van der Waals surface area contributed by atoms with E-state index in [2.05, 4.69) is 22.1 Å². The van der Waals surface area contributed by atoms with E-state index in [0.29, 0.717) is 56.2 Å². The molecule has 1 aliphatic carbocycles. The lowest BCUT2D eigenvalue weighted by molar-refractivity contribution is -0.137. The fourth-order valence-corrected chi connectivity index (χ4v) is 6.60. The van der Waals surface area contributed by atoms with E-state index in [4.69, 9.17) is 11.5 Å².